The number of non-ortho nitro benzene ring substituents is 1. The molecule has 0 saturated heterocycles. The van der Waals surface area contributed by atoms with Gasteiger partial charge in [0.2, 0.25) is 5.91 Å². The number of aromatic nitrogens is 1. The molecule has 140 valence electrons. The van der Waals surface area contributed by atoms with Crippen LogP contribution in [-0.4, -0.2) is 15.4 Å². The predicted octanol–water partition coefficient (Wildman–Crippen LogP) is 3.37. The Kier molecular flexibility index (Phi) is 5.02. The molecule has 3 aromatic rings. The molecule has 0 aliphatic carbocycles. The lowest BCUT2D eigenvalue weighted by atomic mass is 10.2. The molecule has 0 atom stereocenters. The smallest absolute Gasteiger partial charge is 0.407 e. The highest BCUT2D eigenvalue weighted by molar-refractivity contribution is 5.90. The number of aryl methyl sites for hydroxylation is 2. The van der Waals surface area contributed by atoms with Crippen molar-refractivity contribution in [2.45, 2.75) is 26.3 Å². The lowest BCUT2D eigenvalue weighted by Crippen LogP contribution is -2.17. The Morgan fingerprint density at radius 3 is 2.78 bits per heavy atom. The highest BCUT2D eigenvalue weighted by Crippen LogP contribution is 2.20. The summed E-state index contributed by atoms with van der Waals surface area (Å²) in [5.74, 6) is -1.36. The topological polar surface area (TPSA) is 107 Å². The van der Waals surface area contributed by atoms with E-state index in [9.17, 15) is 24.1 Å². The van der Waals surface area contributed by atoms with Gasteiger partial charge in [-0.1, -0.05) is 6.07 Å². The number of rotatable bonds is 6. The van der Waals surface area contributed by atoms with Crippen LogP contribution >= 0.6 is 0 Å². The third-order valence-electron chi connectivity index (χ3n) is 4.10. The van der Waals surface area contributed by atoms with Crippen molar-refractivity contribution in [1.29, 1.82) is 0 Å². The molecule has 1 aromatic heterocycles. The van der Waals surface area contributed by atoms with E-state index in [0.29, 0.717) is 23.2 Å². The molecule has 0 saturated carbocycles. The molecule has 0 spiro atoms. The second kappa shape index (κ2) is 7.40. The second-order valence-corrected chi connectivity index (χ2v) is 6.04. The minimum absolute atomic E-state index is 0.113. The number of benzene rings is 2. The van der Waals surface area contributed by atoms with E-state index in [1.54, 1.807) is 19.1 Å². The molecule has 0 fully saturated rings. The van der Waals surface area contributed by atoms with Crippen molar-refractivity contribution >= 4 is 28.4 Å². The zero-order valence-electron chi connectivity index (χ0n) is 14.4. The zero-order chi connectivity index (χ0) is 19.6. The number of nitro benzene ring substituents is 1. The minimum atomic E-state index is -0.647. The molecule has 8 nitrogen and oxygen atoms in total. The van der Waals surface area contributed by atoms with Crippen LogP contribution in [0.3, 0.4) is 0 Å². The Hall–Kier alpha value is -3.49. The number of carbonyl (C=O) groups excluding carboxylic acids is 1. The summed E-state index contributed by atoms with van der Waals surface area (Å²) in [5.41, 5.74) is 1.22. The van der Waals surface area contributed by atoms with Gasteiger partial charge in [0.1, 0.15) is 5.82 Å². The van der Waals surface area contributed by atoms with Gasteiger partial charge >= 0.3 is 5.76 Å². The van der Waals surface area contributed by atoms with Gasteiger partial charge in [0.15, 0.2) is 5.58 Å². The van der Waals surface area contributed by atoms with Crippen LogP contribution in [-0.2, 0) is 11.3 Å². The van der Waals surface area contributed by atoms with Crippen LogP contribution in [0.5, 0.6) is 0 Å². The van der Waals surface area contributed by atoms with E-state index in [0.717, 1.165) is 0 Å². The molecule has 0 bridgehead atoms. The first kappa shape index (κ1) is 18.3. The number of nitrogens with zero attached hydrogens (tertiary/aromatic N) is 2. The van der Waals surface area contributed by atoms with E-state index in [-0.39, 0.29) is 30.1 Å². The Balaban J connectivity index is 1.64. The van der Waals surface area contributed by atoms with Crippen LogP contribution in [0.1, 0.15) is 18.4 Å². The Morgan fingerprint density at radius 2 is 2.07 bits per heavy atom. The van der Waals surface area contributed by atoms with Crippen molar-refractivity contribution in [2.24, 2.45) is 0 Å². The molecular formula is C18H16FN3O5. The number of halogens is 1. The fraction of sp³-hybridized carbons (Fsp3) is 0.222. The second-order valence-electron chi connectivity index (χ2n) is 6.04. The maximum Gasteiger partial charge on any atom is 0.419 e. The molecule has 0 unspecified atom stereocenters. The van der Waals surface area contributed by atoms with Crippen LogP contribution in [0.15, 0.2) is 45.6 Å². The van der Waals surface area contributed by atoms with Crippen molar-refractivity contribution in [3.63, 3.8) is 0 Å². The molecule has 2 aromatic carbocycles. The summed E-state index contributed by atoms with van der Waals surface area (Å²) in [7, 11) is 0. The number of fused-ring (bicyclic) bond motifs is 1. The van der Waals surface area contributed by atoms with E-state index in [1.807, 2.05) is 0 Å². The molecule has 1 amide bonds. The average Bonchev–Trinajstić information content (AvgIpc) is 2.93. The van der Waals surface area contributed by atoms with Gasteiger partial charge in [-0.25, -0.2) is 9.18 Å². The number of hydrogen-bond acceptors (Lipinski definition) is 5. The number of nitrogens with one attached hydrogen (secondary N) is 1. The number of anilines is 1. The fourth-order valence-electron chi connectivity index (χ4n) is 2.67. The van der Waals surface area contributed by atoms with Gasteiger partial charge in [0.05, 0.1) is 16.5 Å². The van der Waals surface area contributed by atoms with E-state index < -0.39 is 16.5 Å². The number of oxazole rings is 1. The molecule has 1 heterocycles. The molecule has 0 aliphatic rings. The summed E-state index contributed by atoms with van der Waals surface area (Å²) < 4.78 is 19.8. The van der Waals surface area contributed by atoms with Gasteiger partial charge in [0, 0.05) is 24.7 Å². The number of hydrogen-bond donors (Lipinski definition) is 1. The van der Waals surface area contributed by atoms with Crippen LogP contribution < -0.4 is 11.1 Å². The van der Waals surface area contributed by atoms with Crippen LogP contribution in [0, 0.1) is 22.9 Å². The summed E-state index contributed by atoms with van der Waals surface area (Å²) in [5, 5.41) is 13.4. The Morgan fingerprint density at radius 1 is 1.30 bits per heavy atom. The fourth-order valence-corrected chi connectivity index (χ4v) is 2.67. The summed E-state index contributed by atoms with van der Waals surface area (Å²) in [6, 6.07) is 8.33. The third-order valence-corrected chi connectivity index (χ3v) is 4.10. The lowest BCUT2D eigenvalue weighted by molar-refractivity contribution is -0.384. The normalized spacial score (nSPS) is 10.9. The first-order valence-corrected chi connectivity index (χ1v) is 8.19. The first-order valence-electron chi connectivity index (χ1n) is 8.19. The quantitative estimate of drug-likeness (QED) is 0.526. The summed E-state index contributed by atoms with van der Waals surface area (Å²) in [4.78, 5) is 34.1. The van der Waals surface area contributed by atoms with Crippen molar-refractivity contribution in [3.05, 3.63) is 68.4 Å². The molecule has 9 heteroatoms. The standard InChI is InChI=1S/C18H16FN3O5/c1-11-4-5-12(9-14(11)19)20-17(23)3-2-8-21-15-7-6-13(22(25)26)10-16(15)27-18(21)24/h4-7,9-10H,2-3,8H2,1H3,(H,20,23). The van der Waals surface area contributed by atoms with Gasteiger partial charge < -0.3 is 9.73 Å². The first-order chi connectivity index (χ1) is 12.8. The summed E-state index contributed by atoms with van der Waals surface area (Å²) in [6.07, 6.45) is 0.452. The van der Waals surface area contributed by atoms with E-state index >= 15 is 0 Å². The largest absolute Gasteiger partial charge is 0.419 e. The summed E-state index contributed by atoms with van der Waals surface area (Å²) >= 11 is 0. The third kappa shape index (κ3) is 4.02. The van der Waals surface area contributed by atoms with Gasteiger partial charge in [0.25, 0.3) is 5.69 Å². The number of nitro groups is 1. The lowest BCUT2D eigenvalue weighted by Gasteiger charge is -2.07. The summed E-state index contributed by atoms with van der Waals surface area (Å²) in [6.45, 7) is 1.84. The van der Waals surface area contributed by atoms with Crippen molar-refractivity contribution in [2.75, 3.05) is 5.32 Å². The molecule has 27 heavy (non-hydrogen) atoms. The van der Waals surface area contributed by atoms with E-state index in [2.05, 4.69) is 5.32 Å². The van der Waals surface area contributed by atoms with Crippen LogP contribution in [0.25, 0.3) is 11.1 Å². The minimum Gasteiger partial charge on any atom is -0.407 e. The molecule has 0 radical (unpaired) electrons. The van der Waals surface area contributed by atoms with Gasteiger partial charge in [-0.2, -0.15) is 0 Å². The molecule has 1 N–H and O–H groups in total. The molecule has 0 aliphatic heterocycles. The maximum atomic E-state index is 13.5. The Labute approximate surface area is 152 Å². The van der Waals surface area contributed by atoms with Crippen LogP contribution in [0.4, 0.5) is 15.8 Å². The SMILES string of the molecule is Cc1ccc(NC(=O)CCCn2c(=O)oc3cc([N+](=O)[O-])ccc32)cc1F. The van der Waals surface area contributed by atoms with Gasteiger partial charge in [-0.3, -0.25) is 19.5 Å². The highest BCUT2D eigenvalue weighted by Gasteiger charge is 2.14. The van der Waals surface area contributed by atoms with Crippen molar-refractivity contribution in [3.8, 4) is 0 Å². The Bertz CT molecular complexity index is 1090. The molecule has 3 rings (SSSR count). The highest BCUT2D eigenvalue weighted by atomic mass is 19.1. The van der Waals surface area contributed by atoms with E-state index in [1.165, 1.54) is 28.8 Å². The maximum absolute atomic E-state index is 13.5. The molecular weight excluding hydrogens is 357 g/mol. The van der Waals surface area contributed by atoms with Gasteiger partial charge in [-0.05, 0) is 37.1 Å². The van der Waals surface area contributed by atoms with Crippen molar-refractivity contribution < 1.29 is 18.5 Å². The number of amides is 1. The monoisotopic (exact) mass is 373 g/mol. The van der Waals surface area contributed by atoms with E-state index in [4.69, 9.17) is 4.42 Å². The van der Waals surface area contributed by atoms with Gasteiger partial charge in [-0.15, -0.1) is 0 Å². The van der Waals surface area contributed by atoms with Crippen molar-refractivity contribution in [1.82, 2.24) is 4.57 Å². The number of carbonyl (C=O) groups is 1. The van der Waals surface area contributed by atoms with Crippen LogP contribution in [0.2, 0.25) is 0 Å². The average molecular weight is 373 g/mol. The predicted molar refractivity (Wildman–Crippen MR) is 96.1 cm³/mol. The zero-order valence-corrected chi connectivity index (χ0v) is 14.4.